The van der Waals surface area contributed by atoms with Crippen molar-refractivity contribution in [3.8, 4) is 0 Å². The molecule has 0 saturated carbocycles. The molecule has 0 aromatic carbocycles. The average Bonchev–Trinajstić information content (AvgIpc) is 1.83. The number of aliphatic hydroxyl groups excluding tert-OH is 1. The van der Waals surface area contributed by atoms with Gasteiger partial charge in [0.1, 0.15) is 12.0 Å². The zero-order valence-corrected chi connectivity index (χ0v) is 4.68. The molecule has 0 bridgehead atoms. The Morgan fingerprint density at radius 1 is 2.00 bits per heavy atom. The molecule has 1 saturated heterocycles. The zero-order chi connectivity index (χ0) is 6.20. The van der Waals surface area contributed by atoms with Gasteiger partial charge in [-0.15, -0.1) is 0 Å². The molecule has 3 heteroatoms. The highest BCUT2D eigenvalue weighted by atomic mass is 16.6. The molecule has 0 spiro atoms. The number of carbonyl (C=O) groups excluding carboxylic acids is 1. The van der Waals surface area contributed by atoms with Crippen molar-refractivity contribution in [3.05, 3.63) is 0 Å². The van der Waals surface area contributed by atoms with Crippen molar-refractivity contribution in [1.29, 1.82) is 0 Å². The second-order valence-corrected chi connectivity index (χ2v) is 2.29. The molecule has 1 aliphatic heterocycles. The van der Waals surface area contributed by atoms with Crippen LogP contribution in [0.25, 0.3) is 0 Å². The molecular weight excluding hydrogens is 108 g/mol. The molecule has 0 aromatic heterocycles. The summed E-state index contributed by atoms with van der Waals surface area (Å²) in [5.41, 5.74) is -0.583. The van der Waals surface area contributed by atoms with Gasteiger partial charge in [-0.3, -0.25) is 4.79 Å². The van der Waals surface area contributed by atoms with E-state index in [9.17, 15) is 4.79 Å². The number of hydrogen-bond acceptors (Lipinski definition) is 3. The molecule has 1 atom stereocenters. The summed E-state index contributed by atoms with van der Waals surface area (Å²) >= 11 is 0. The normalized spacial score (nSPS) is 36.0. The Hall–Kier alpha value is -0.570. The molecule has 0 unspecified atom stereocenters. The molecule has 1 heterocycles. The van der Waals surface area contributed by atoms with Crippen LogP contribution in [0.2, 0.25) is 0 Å². The van der Waals surface area contributed by atoms with E-state index in [1.807, 2.05) is 0 Å². The fourth-order valence-electron chi connectivity index (χ4n) is 0.488. The van der Waals surface area contributed by atoms with E-state index in [2.05, 4.69) is 4.74 Å². The Morgan fingerprint density at radius 3 is 2.62 bits per heavy atom. The van der Waals surface area contributed by atoms with E-state index in [-0.39, 0.29) is 12.6 Å². The van der Waals surface area contributed by atoms with Crippen LogP contribution in [-0.2, 0) is 9.53 Å². The van der Waals surface area contributed by atoms with Crippen molar-refractivity contribution in [2.45, 2.75) is 6.92 Å². The van der Waals surface area contributed by atoms with Crippen molar-refractivity contribution in [3.63, 3.8) is 0 Å². The molecule has 1 fully saturated rings. The lowest BCUT2D eigenvalue weighted by atomic mass is 9.89. The summed E-state index contributed by atoms with van der Waals surface area (Å²) in [5, 5.41) is 8.51. The standard InChI is InChI=1S/C5H8O3/c1-5(2-6)3-8-4(5)7/h6H,2-3H2,1H3/t5-/m1/s1. The minimum atomic E-state index is -0.583. The van der Waals surface area contributed by atoms with Gasteiger partial charge >= 0.3 is 5.97 Å². The maximum atomic E-state index is 10.4. The summed E-state index contributed by atoms with van der Waals surface area (Å²) < 4.78 is 4.44. The van der Waals surface area contributed by atoms with Gasteiger partial charge in [0.2, 0.25) is 0 Å². The minimum absolute atomic E-state index is 0.105. The van der Waals surface area contributed by atoms with Crippen molar-refractivity contribution in [1.82, 2.24) is 0 Å². The van der Waals surface area contributed by atoms with Gasteiger partial charge in [-0.25, -0.2) is 0 Å². The number of aliphatic hydroxyl groups is 1. The van der Waals surface area contributed by atoms with E-state index in [4.69, 9.17) is 5.11 Å². The summed E-state index contributed by atoms with van der Waals surface area (Å²) in [6.45, 7) is 1.94. The zero-order valence-electron chi connectivity index (χ0n) is 4.68. The second kappa shape index (κ2) is 1.45. The Bertz CT molecular complexity index is 117. The van der Waals surface area contributed by atoms with E-state index in [1.54, 1.807) is 6.92 Å². The van der Waals surface area contributed by atoms with Gasteiger partial charge in [0.25, 0.3) is 0 Å². The highest BCUT2D eigenvalue weighted by Gasteiger charge is 2.44. The minimum Gasteiger partial charge on any atom is -0.464 e. The van der Waals surface area contributed by atoms with Crippen molar-refractivity contribution >= 4 is 5.97 Å². The second-order valence-electron chi connectivity index (χ2n) is 2.29. The first-order chi connectivity index (χ1) is 3.69. The predicted molar refractivity (Wildman–Crippen MR) is 26.2 cm³/mol. The van der Waals surface area contributed by atoms with Crippen LogP contribution in [0.15, 0.2) is 0 Å². The summed E-state index contributed by atoms with van der Waals surface area (Å²) in [7, 11) is 0. The van der Waals surface area contributed by atoms with Crippen molar-refractivity contribution in [2.24, 2.45) is 5.41 Å². The van der Waals surface area contributed by atoms with Crippen molar-refractivity contribution < 1.29 is 14.6 Å². The summed E-state index contributed by atoms with van der Waals surface area (Å²) in [4.78, 5) is 10.4. The predicted octanol–water partition coefficient (Wildman–Crippen LogP) is -0.458. The first-order valence-corrected chi connectivity index (χ1v) is 2.47. The van der Waals surface area contributed by atoms with Crippen LogP contribution in [0, 0.1) is 5.41 Å². The van der Waals surface area contributed by atoms with Crippen LogP contribution in [0.1, 0.15) is 6.92 Å². The average molecular weight is 116 g/mol. The first-order valence-electron chi connectivity index (χ1n) is 2.47. The van der Waals surface area contributed by atoms with E-state index in [0.29, 0.717) is 6.61 Å². The third kappa shape index (κ3) is 0.512. The van der Waals surface area contributed by atoms with E-state index < -0.39 is 5.41 Å². The smallest absolute Gasteiger partial charge is 0.317 e. The lowest BCUT2D eigenvalue weighted by molar-refractivity contribution is -0.187. The highest BCUT2D eigenvalue weighted by Crippen LogP contribution is 2.26. The molecule has 1 rings (SSSR count). The summed E-state index contributed by atoms with van der Waals surface area (Å²) in [5.74, 6) is -0.292. The summed E-state index contributed by atoms with van der Waals surface area (Å²) in [6.07, 6.45) is 0. The van der Waals surface area contributed by atoms with E-state index in [1.165, 1.54) is 0 Å². The Kier molecular flexibility index (Phi) is 1.01. The number of rotatable bonds is 1. The highest BCUT2D eigenvalue weighted by molar-refractivity contribution is 5.81. The third-order valence-corrected chi connectivity index (χ3v) is 1.36. The lowest BCUT2D eigenvalue weighted by Gasteiger charge is -2.33. The topological polar surface area (TPSA) is 46.5 Å². The lowest BCUT2D eigenvalue weighted by Crippen LogP contribution is -2.48. The quantitative estimate of drug-likeness (QED) is 0.471. The van der Waals surface area contributed by atoms with Crippen molar-refractivity contribution in [2.75, 3.05) is 13.2 Å². The SMILES string of the molecule is C[C@@]1(CO)COC1=O. The van der Waals surface area contributed by atoms with Crippen LogP contribution in [0.3, 0.4) is 0 Å². The largest absolute Gasteiger partial charge is 0.464 e. The molecular formula is C5H8O3. The van der Waals surface area contributed by atoms with Gasteiger partial charge in [-0.1, -0.05) is 0 Å². The fraction of sp³-hybridized carbons (Fsp3) is 0.800. The Balaban J connectivity index is 2.55. The molecule has 8 heavy (non-hydrogen) atoms. The van der Waals surface area contributed by atoms with Gasteiger partial charge in [0, 0.05) is 0 Å². The summed E-state index contributed by atoms with van der Waals surface area (Å²) in [6, 6.07) is 0. The van der Waals surface area contributed by atoms with Gasteiger partial charge in [0.15, 0.2) is 0 Å². The molecule has 0 radical (unpaired) electrons. The molecule has 1 aliphatic rings. The number of carbonyl (C=O) groups is 1. The molecule has 0 amide bonds. The van der Waals surface area contributed by atoms with Gasteiger partial charge in [0.05, 0.1) is 6.61 Å². The molecule has 3 nitrogen and oxygen atoms in total. The molecule has 0 aliphatic carbocycles. The van der Waals surface area contributed by atoms with Gasteiger partial charge < -0.3 is 9.84 Å². The molecule has 0 aromatic rings. The van der Waals surface area contributed by atoms with Crippen LogP contribution in [0.4, 0.5) is 0 Å². The van der Waals surface area contributed by atoms with E-state index in [0.717, 1.165) is 0 Å². The Labute approximate surface area is 47.3 Å². The Morgan fingerprint density at radius 2 is 2.62 bits per heavy atom. The molecule has 46 valence electrons. The maximum absolute atomic E-state index is 10.4. The van der Waals surface area contributed by atoms with Crippen LogP contribution in [-0.4, -0.2) is 24.3 Å². The number of esters is 1. The van der Waals surface area contributed by atoms with Crippen LogP contribution < -0.4 is 0 Å². The monoisotopic (exact) mass is 116 g/mol. The number of ether oxygens (including phenoxy) is 1. The fourth-order valence-corrected chi connectivity index (χ4v) is 0.488. The van der Waals surface area contributed by atoms with Crippen LogP contribution in [0.5, 0.6) is 0 Å². The van der Waals surface area contributed by atoms with Gasteiger partial charge in [-0.05, 0) is 6.92 Å². The van der Waals surface area contributed by atoms with Gasteiger partial charge in [-0.2, -0.15) is 0 Å². The van der Waals surface area contributed by atoms with Crippen LogP contribution >= 0.6 is 0 Å². The maximum Gasteiger partial charge on any atom is 0.317 e. The number of cyclic esters (lactones) is 1. The molecule has 1 N–H and O–H groups in total. The third-order valence-electron chi connectivity index (χ3n) is 1.36. The number of hydrogen-bond donors (Lipinski definition) is 1. The van der Waals surface area contributed by atoms with E-state index >= 15 is 0 Å². The first kappa shape index (κ1) is 5.56.